The molecule has 4 aromatic rings. The topological polar surface area (TPSA) is 149 Å². The first-order valence-corrected chi connectivity index (χ1v) is 16.6. The zero-order valence-corrected chi connectivity index (χ0v) is 28.9. The number of halogens is 3. The molecule has 0 radical (unpaired) electrons. The zero-order valence-electron chi connectivity index (χ0n) is 28.9. The van der Waals surface area contributed by atoms with Gasteiger partial charge in [0, 0.05) is 36.8 Å². The molecule has 11 nitrogen and oxygen atoms in total. The first kappa shape index (κ1) is 37.7. The van der Waals surface area contributed by atoms with E-state index in [4.69, 9.17) is 10.5 Å². The normalized spacial score (nSPS) is 16.6. The van der Waals surface area contributed by atoms with Crippen LogP contribution < -0.4 is 26.4 Å². The van der Waals surface area contributed by atoms with E-state index >= 15 is 0 Å². The summed E-state index contributed by atoms with van der Waals surface area (Å²) in [6, 6.07) is 21.7. The third kappa shape index (κ3) is 9.19. The summed E-state index contributed by atoms with van der Waals surface area (Å²) in [6.07, 6.45) is -5.01. The summed E-state index contributed by atoms with van der Waals surface area (Å²) in [5, 5.41) is 18.0. The molecule has 0 fully saturated rings. The maximum atomic E-state index is 13.8. The van der Waals surface area contributed by atoms with Gasteiger partial charge in [0.2, 0.25) is 0 Å². The van der Waals surface area contributed by atoms with Crippen LogP contribution in [0.2, 0.25) is 0 Å². The SMILES string of the molecule is C[C@H]1CN([C@@H](C)CO)C(=O)c2cccc(NC(=O)Nc3ccc(C(F)(F)F)cc3)c2O[C@@H]1CN(C)Cc1ccc(C(=O)Nc2ccccc2N)cc1. The van der Waals surface area contributed by atoms with Crippen molar-refractivity contribution in [3.63, 3.8) is 0 Å². The molecule has 1 heterocycles. The average molecular weight is 719 g/mol. The van der Waals surface area contributed by atoms with E-state index in [1.165, 1.54) is 0 Å². The molecule has 4 aromatic carbocycles. The molecule has 4 amide bonds. The van der Waals surface area contributed by atoms with E-state index in [0.717, 1.165) is 29.8 Å². The number of alkyl halides is 3. The van der Waals surface area contributed by atoms with Gasteiger partial charge in [-0.25, -0.2) is 4.79 Å². The van der Waals surface area contributed by atoms with Crippen LogP contribution in [0.25, 0.3) is 0 Å². The number of nitrogens with two attached hydrogens (primary N) is 1. The van der Waals surface area contributed by atoms with E-state index < -0.39 is 29.9 Å². The number of hydrogen-bond acceptors (Lipinski definition) is 7. The van der Waals surface area contributed by atoms with Crippen LogP contribution in [0, 0.1) is 5.92 Å². The van der Waals surface area contributed by atoms with E-state index in [1.54, 1.807) is 66.4 Å². The van der Waals surface area contributed by atoms with Crippen molar-refractivity contribution in [3.05, 3.63) is 113 Å². The molecule has 5 rings (SSSR count). The summed E-state index contributed by atoms with van der Waals surface area (Å²) in [5.41, 5.74) is 7.99. The number of urea groups is 1. The summed E-state index contributed by atoms with van der Waals surface area (Å²) < 4.78 is 45.6. The number of aliphatic hydroxyl groups excluding tert-OH is 1. The number of hydrogen-bond donors (Lipinski definition) is 5. The molecule has 274 valence electrons. The third-order valence-corrected chi connectivity index (χ3v) is 8.78. The quantitative estimate of drug-likeness (QED) is 0.117. The molecule has 14 heteroatoms. The molecule has 0 aromatic heterocycles. The highest BCUT2D eigenvalue weighted by Crippen LogP contribution is 2.35. The maximum Gasteiger partial charge on any atom is 0.416 e. The van der Waals surface area contributed by atoms with Crippen LogP contribution in [0.15, 0.2) is 91.0 Å². The fourth-order valence-electron chi connectivity index (χ4n) is 5.84. The monoisotopic (exact) mass is 718 g/mol. The standard InChI is InChI=1S/C38H41F3N6O5/c1-23-19-47(24(2)22-48)36(50)29-7-6-10-32(45-37(51)43-28-17-15-27(16-18-28)38(39,40)41)34(29)52-33(23)21-46(3)20-25-11-13-26(14-12-25)35(49)44-31-9-5-4-8-30(31)42/h4-18,23-24,33,48H,19-22,42H2,1-3H3,(H,44,49)(H2,43,45,51)/t23-,24-,33+/m0/s1. The number of para-hydroxylation sites is 3. The summed E-state index contributed by atoms with van der Waals surface area (Å²) in [4.78, 5) is 43.3. The van der Waals surface area contributed by atoms with Crippen LogP contribution in [-0.4, -0.2) is 71.6 Å². The van der Waals surface area contributed by atoms with Crippen LogP contribution in [0.1, 0.15) is 45.7 Å². The van der Waals surface area contributed by atoms with Crippen molar-refractivity contribution >= 4 is 40.6 Å². The Morgan fingerprint density at radius 3 is 2.29 bits per heavy atom. The van der Waals surface area contributed by atoms with Crippen molar-refractivity contribution in [1.29, 1.82) is 0 Å². The number of benzene rings is 4. The van der Waals surface area contributed by atoms with Crippen LogP contribution in [-0.2, 0) is 12.7 Å². The molecule has 1 aliphatic heterocycles. The minimum atomic E-state index is -4.52. The zero-order chi connectivity index (χ0) is 37.6. The molecule has 0 saturated heterocycles. The Morgan fingerprint density at radius 2 is 1.63 bits per heavy atom. The Bertz CT molecular complexity index is 1890. The van der Waals surface area contributed by atoms with E-state index in [0.29, 0.717) is 36.6 Å². The van der Waals surface area contributed by atoms with Gasteiger partial charge in [0.05, 0.1) is 40.8 Å². The molecule has 0 spiro atoms. The first-order chi connectivity index (χ1) is 24.7. The highest BCUT2D eigenvalue weighted by Gasteiger charge is 2.35. The fraction of sp³-hybridized carbons (Fsp3) is 0.289. The van der Waals surface area contributed by atoms with Gasteiger partial charge in [-0.15, -0.1) is 0 Å². The number of carbonyl (C=O) groups is 3. The summed E-state index contributed by atoms with van der Waals surface area (Å²) in [6.45, 7) is 4.61. The van der Waals surface area contributed by atoms with Gasteiger partial charge in [-0.2, -0.15) is 13.2 Å². The van der Waals surface area contributed by atoms with Gasteiger partial charge in [-0.05, 0) is 80.2 Å². The number of amides is 4. The third-order valence-electron chi connectivity index (χ3n) is 8.78. The van der Waals surface area contributed by atoms with Crippen LogP contribution in [0.5, 0.6) is 5.75 Å². The number of nitrogen functional groups attached to an aromatic ring is 1. The lowest BCUT2D eigenvalue weighted by Crippen LogP contribution is -2.49. The summed E-state index contributed by atoms with van der Waals surface area (Å²) in [7, 11) is 1.91. The molecule has 0 aliphatic carbocycles. The fourth-order valence-corrected chi connectivity index (χ4v) is 5.84. The second-order valence-corrected chi connectivity index (χ2v) is 12.9. The predicted octanol–water partition coefficient (Wildman–Crippen LogP) is 6.54. The molecule has 0 unspecified atom stereocenters. The molecular weight excluding hydrogens is 677 g/mol. The van der Waals surface area contributed by atoms with E-state index in [2.05, 4.69) is 16.0 Å². The second kappa shape index (κ2) is 16.2. The first-order valence-electron chi connectivity index (χ1n) is 16.6. The maximum absolute atomic E-state index is 13.8. The van der Waals surface area contributed by atoms with Crippen molar-refractivity contribution in [3.8, 4) is 5.75 Å². The van der Waals surface area contributed by atoms with Gasteiger partial charge in [0.25, 0.3) is 11.8 Å². The van der Waals surface area contributed by atoms with Crippen molar-refractivity contribution in [2.45, 2.75) is 38.7 Å². The Hall–Kier alpha value is -5.60. The van der Waals surface area contributed by atoms with Gasteiger partial charge in [0.1, 0.15) is 6.10 Å². The lowest BCUT2D eigenvalue weighted by atomic mass is 9.98. The van der Waals surface area contributed by atoms with Crippen LogP contribution in [0.4, 0.5) is 40.7 Å². The number of nitrogens with one attached hydrogen (secondary N) is 3. The molecule has 0 saturated carbocycles. The Kier molecular flexibility index (Phi) is 11.7. The number of fused-ring (bicyclic) bond motifs is 1. The molecule has 0 bridgehead atoms. The molecule has 1 aliphatic rings. The van der Waals surface area contributed by atoms with E-state index in [9.17, 15) is 32.7 Å². The van der Waals surface area contributed by atoms with Gasteiger partial charge in [-0.1, -0.05) is 37.3 Å². The number of carbonyl (C=O) groups excluding carboxylic acids is 3. The highest BCUT2D eigenvalue weighted by atomic mass is 19.4. The van der Waals surface area contributed by atoms with Gasteiger partial charge < -0.3 is 36.4 Å². The molecule has 52 heavy (non-hydrogen) atoms. The minimum Gasteiger partial charge on any atom is -0.486 e. The molecular formula is C38H41F3N6O5. The lowest BCUT2D eigenvalue weighted by Gasteiger charge is -2.38. The van der Waals surface area contributed by atoms with Crippen molar-refractivity contribution in [2.24, 2.45) is 5.92 Å². The second-order valence-electron chi connectivity index (χ2n) is 12.9. The predicted molar refractivity (Wildman–Crippen MR) is 193 cm³/mol. The van der Waals surface area contributed by atoms with Gasteiger partial charge in [-0.3, -0.25) is 14.5 Å². The Morgan fingerprint density at radius 1 is 0.962 bits per heavy atom. The molecule has 3 atom stereocenters. The number of anilines is 4. The Balaban J connectivity index is 1.32. The highest BCUT2D eigenvalue weighted by molar-refractivity contribution is 6.06. The van der Waals surface area contributed by atoms with Crippen molar-refractivity contribution < 1.29 is 37.4 Å². The lowest BCUT2D eigenvalue weighted by molar-refractivity contribution is -0.137. The summed E-state index contributed by atoms with van der Waals surface area (Å²) >= 11 is 0. The van der Waals surface area contributed by atoms with Crippen molar-refractivity contribution in [2.75, 3.05) is 48.4 Å². The van der Waals surface area contributed by atoms with E-state index in [1.807, 2.05) is 31.0 Å². The van der Waals surface area contributed by atoms with E-state index in [-0.39, 0.29) is 47.0 Å². The number of aliphatic hydroxyl groups is 1. The number of rotatable bonds is 10. The minimum absolute atomic E-state index is 0.129. The number of likely N-dealkylation sites (N-methyl/N-ethyl adjacent to an activating group) is 1. The smallest absolute Gasteiger partial charge is 0.416 e. The van der Waals surface area contributed by atoms with Crippen molar-refractivity contribution in [1.82, 2.24) is 9.80 Å². The number of nitrogens with zero attached hydrogens (tertiary/aromatic N) is 2. The van der Waals surface area contributed by atoms with Crippen LogP contribution in [0.3, 0.4) is 0 Å². The number of ether oxygens (including phenoxy) is 1. The summed E-state index contributed by atoms with van der Waals surface area (Å²) in [5.74, 6) is -0.772. The Labute approximate surface area is 299 Å². The molecule has 6 N–H and O–H groups in total. The van der Waals surface area contributed by atoms with Gasteiger partial charge in [0.15, 0.2) is 5.75 Å². The van der Waals surface area contributed by atoms with Gasteiger partial charge >= 0.3 is 12.2 Å². The average Bonchev–Trinajstić information content (AvgIpc) is 3.10. The largest absolute Gasteiger partial charge is 0.486 e. The van der Waals surface area contributed by atoms with Crippen LogP contribution >= 0.6 is 0 Å².